The summed E-state index contributed by atoms with van der Waals surface area (Å²) in [6.45, 7) is 14.6. The predicted octanol–water partition coefficient (Wildman–Crippen LogP) is 5.47. The van der Waals surface area contributed by atoms with Crippen molar-refractivity contribution in [1.82, 2.24) is 10.2 Å². The molecule has 138 valence electrons. The third kappa shape index (κ3) is 12.0. The maximum absolute atomic E-state index is 3.87. The molecule has 0 saturated carbocycles. The van der Waals surface area contributed by atoms with Gasteiger partial charge in [-0.05, 0) is 83.0 Å². The van der Waals surface area contributed by atoms with Gasteiger partial charge < -0.3 is 10.2 Å². The molecule has 0 amide bonds. The maximum Gasteiger partial charge on any atom is 0.00672 e. The van der Waals surface area contributed by atoms with Crippen LogP contribution in [-0.2, 0) is 0 Å². The number of nitrogens with zero attached hydrogens (tertiary/aromatic N) is 1. The van der Waals surface area contributed by atoms with E-state index in [-0.39, 0.29) is 0 Å². The standard InChI is InChI=1S/C21H44N2/c1-19(2)11-13-21(14-12-20(3)4)22-15-10-18-23-16-8-6-5-7-9-17-23/h19-22H,5-18H2,1-4H3. The third-order valence-electron chi connectivity index (χ3n) is 5.22. The van der Waals surface area contributed by atoms with E-state index in [9.17, 15) is 0 Å². The molecular weight excluding hydrogens is 280 g/mol. The van der Waals surface area contributed by atoms with Crippen LogP contribution in [0.1, 0.15) is 91.9 Å². The Morgan fingerprint density at radius 1 is 0.739 bits per heavy atom. The van der Waals surface area contributed by atoms with Crippen LogP contribution in [0.2, 0.25) is 0 Å². The zero-order chi connectivity index (χ0) is 16.9. The molecule has 0 aromatic carbocycles. The second-order valence-electron chi connectivity index (χ2n) is 8.56. The van der Waals surface area contributed by atoms with E-state index in [0.29, 0.717) is 0 Å². The molecule has 1 heterocycles. The Morgan fingerprint density at radius 3 is 1.78 bits per heavy atom. The molecule has 1 rings (SSSR count). The van der Waals surface area contributed by atoms with E-state index in [0.717, 1.165) is 17.9 Å². The van der Waals surface area contributed by atoms with Crippen LogP contribution >= 0.6 is 0 Å². The lowest BCUT2D eigenvalue weighted by Gasteiger charge is -2.25. The molecule has 1 saturated heterocycles. The van der Waals surface area contributed by atoms with Crippen LogP contribution < -0.4 is 5.32 Å². The summed E-state index contributed by atoms with van der Waals surface area (Å²) in [7, 11) is 0. The van der Waals surface area contributed by atoms with Gasteiger partial charge in [-0.3, -0.25) is 0 Å². The minimum absolute atomic E-state index is 0.743. The molecule has 23 heavy (non-hydrogen) atoms. The van der Waals surface area contributed by atoms with E-state index in [4.69, 9.17) is 0 Å². The minimum Gasteiger partial charge on any atom is -0.314 e. The maximum atomic E-state index is 3.87. The van der Waals surface area contributed by atoms with Crippen LogP contribution in [0.5, 0.6) is 0 Å². The largest absolute Gasteiger partial charge is 0.314 e. The van der Waals surface area contributed by atoms with Crippen molar-refractivity contribution in [3.8, 4) is 0 Å². The first-order valence-electron chi connectivity index (χ1n) is 10.5. The summed E-state index contributed by atoms with van der Waals surface area (Å²) in [5.41, 5.74) is 0. The van der Waals surface area contributed by atoms with Crippen molar-refractivity contribution >= 4 is 0 Å². The lowest BCUT2D eigenvalue weighted by atomic mass is 9.97. The molecule has 0 unspecified atom stereocenters. The molecular formula is C21H44N2. The van der Waals surface area contributed by atoms with E-state index in [1.165, 1.54) is 90.4 Å². The lowest BCUT2D eigenvalue weighted by molar-refractivity contribution is 0.241. The Bertz CT molecular complexity index is 243. The molecule has 0 bridgehead atoms. The van der Waals surface area contributed by atoms with Crippen LogP contribution in [0.15, 0.2) is 0 Å². The van der Waals surface area contributed by atoms with Crippen LogP contribution in [0.25, 0.3) is 0 Å². The highest BCUT2D eigenvalue weighted by Crippen LogP contribution is 2.14. The monoisotopic (exact) mass is 324 g/mol. The Kier molecular flexibility index (Phi) is 12.1. The van der Waals surface area contributed by atoms with Crippen LogP contribution in [0.4, 0.5) is 0 Å². The van der Waals surface area contributed by atoms with E-state index >= 15 is 0 Å². The van der Waals surface area contributed by atoms with Gasteiger partial charge in [-0.2, -0.15) is 0 Å². The lowest BCUT2D eigenvalue weighted by Crippen LogP contribution is -2.34. The minimum atomic E-state index is 0.743. The molecule has 0 spiro atoms. The summed E-state index contributed by atoms with van der Waals surface area (Å²) in [6, 6.07) is 0.743. The van der Waals surface area contributed by atoms with Gasteiger partial charge in [-0.25, -0.2) is 0 Å². The highest BCUT2D eigenvalue weighted by atomic mass is 15.1. The van der Waals surface area contributed by atoms with Gasteiger partial charge in [0, 0.05) is 6.04 Å². The fraction of sp³-hybridized carbons (Fsp3) is 1.00. The first-order valence-corrected chi connectivity index (χ1v) is 10.5. The molecule has 0 aliphatic carbocycles. The van der Waals surface area contributed by atoms with E-state index in [1.54, 1.807) is 0 Å². The first kappa shape index (κ1) is 21.0. The molecule has 0 aromatic rings. The molecule has 1 fully saturated rings. The van der Waals surface area contributed by atoms with Crippen molar-refractivity contribution in [3.05, 3.63) is 0 Å². The summed E-state index contributed by atoms with van der Waals surface area (Å²) in [6.07, 6.45) is 13.9. The number of rotatable bonds is 11. The third-order valence-corrected chi connectivity index (χ3v) is 5.22. The molecule has 2 nitrogen and oxygen atoms in total. The van der Waals surface area contributed by atoms with Gasteiger partial charge in [0.25, 0.3) is 0 Å². The molecule has 0 atom stereocenters. The number of hydrogen-bond donors (Lipinski definition) is 1. The van der Waals surface area contributed by atoms with Gasteiger partial charge in [0.15, 0.2) is 0 Å². The van der Waals surface area contributed by atoms with Gasteiger partial charge in [-0.1, -0.05) is 47.0 Å². The zero-order valence-electron chi connectivity index (χ0n) is 16.6. The van der Waals surface area contributed by atoms with Crippen molar-refractivity contribution < 1.29 is 0 Å². The van der Waals surface area contributed by atoms with Crippen molar-refractivity contribution in [2.24, 2.45) is 11.8 Å². The molecule has 0 aromatic heterocycles. The average Bonchev–Trinajstić information content (AvgIpc) is 2.46. The Labute approximate surface area is 146 Å². The fourth-order valence-corrected chi connectivity index (χ4v) is 3.56. The van der Waals surface area contributed by atoms with Gasteiger partial charge >= 0.3 is 0 Å². The molecule has 1 aliphatic heterocycles. The molecule has 2 heteroatoms. The van der Waals surface area contributed by atoms with Gasteiger partial charge in [0.2, 0.25) is 0 Å². The van der Waals surface area contributed by atoms with Crippen LogP contribution in [0, 0.1) is 11.8 Å². The molecule has 1 N–H and O–H groups in total. The summed E-state index contributed by atoms with van der Waals surface area (Å²) >= 11 is 0. The summed E-state index contributed by atoms with van der Waals surface area (Å²) in [4.78, 5) is 2.71. The SMILES string of the molecule is CC(C)CCC(CCC(C)C)NCCCN1CCCCCCC1. The first-order chi connectivity index (χ1) is 11.1. The Morgan fingerprint density at radius 2 is 1.26 bits per heavy atom. The van der Waals surface area contributed by atoms with Crippen LogP contribution in [0.3, 0.4) is 0 Å². The van der Waals surface area contributed by atoms with Crippen molar-refractivity contribution in [2.45, 2.75) is 97.9 Å². The average molecular weight is 325 g/mol. The number of nitrogens with one attached hydrogen (secondary N) is 1. The highest BCUT2D eigenvalue weighted by molar-refractivity contribution is 4.70. The fourth-order valence-electron chi connectivity index (χ4n) is 3.56. The Hall–Kier alpha value is -0.0800. The quantitative estimate of drug-likeness (QED) is 0.507. The zero-order valence-corrected chi connectivity index (χ0v) is 16.6. The van der Waals surface area contributed by atoms with Crippen molar-refractivity contribution in [2.75, 3.05) is 26.2 Å². The Balaban J connectivity index is 2.18. The summed E-state index contributed by atoms with van der Waals surface area (Å²) in [5.74, 6) is 1.67. The summed E-state index contributed by atoms with van der Waals surface area (Å²) < 4.78 is 0. The number of hydrogen-bond acceptors (Lipinski definition) is 2. The van der Waals surface area contributed by atoms with Gasteiger partial charge in [0.1, 0.15) is 0 Å². The summed E-state index contributed by atoms with van der Waals surface area (Å²) in [5, 5.41) is 3.87. The normalized spacial score (nSPS) is 17.9. The topological polar surface area (TPSA) is 15.3 Å². The van der Waals surface area contributed by atoms with Crippen LogP contribution in [-0.4, -0.2) is 37.1 Å². The second kappa shape index (κ2) is 13.2. The molecule has 1 aliphatic rings. The van der Waals surface area contributed by atoms with E-state index in [1.807, 2.05) is 0 Å². The van der Waals surface area contributed by atoms with Gasteiger partial charge in [0.05, 0.1) is 0 Å². The van der Waals surface area contributed by atoms with Gasteiger partial charge in [-0.15, -0.1) is 0 Å². The predicted molar refractivity (Wildman–Crippen MR) is 104 cm³/mol. The molecule has 0 radical (unpaired) electrons. The number of likely N-dealkylation sites (tertiary alicyclic amines) is 1. The van der Waals surface area contributed by atoms with Crippen molar-refractivity contribution in [1.29, 1.82) is 0 Å². The second-order valence-corrected chi connectivity index (χ2v) is 8.56. The van der Waals surface area contributed by atoms with E-state index in [2.05, 4.69) is 37.9 Å². The highest BCUT2D eigenvalue weighted by Gasteiger charge is 2.11. The van der Waals surface area contributed by atoms with E-state index < -0.39 is 0 Å². The smallest absolute Gasteiger partial charge is 0.00672 e. The van der Waals surface area contributed by atoms with Crippen molar-refractivity contribution in [3.63, 3.8) is 0 Å².